The molecule has 3 nitrogen and oxygen atoms in total. The fraction of sp³-hybridized carbons (Fsp3) is 0.625. The number of rotatable bonds is 6. The zero-order valence-electron chi connectivity index (χ0n) is 12.3. The number of aliphatic hydroxyl groups is 1. The molecule has 2 rings (SSSR count). The van der Waals surface area contributed by atoms with Gasteiger partial charge in [-0.15, -0.1) is 0 Å². The van der Waals surface area contributed by atoms with Crippen molar-refractivity contribution in [2.24, 2.45) is 5.92 Å². The van der Waals surface area contributed by atoms with Crippen LogP contribution in [0.15, 0.2) is 22.7 Å². The summed E-state index contributed by atoms with van der Waals surface area (Å²) in [6, 6.07) is 5.54. The number of ether oxygens (including phenoxy) is 1. The van der Waals surface area contributed by atoms with E-state index in [4.69, 9.17) is 16.3 Å². The number of nitrogens with one attached hydrogen (secondary N) is 1. The molecule has 1 aliphatic rings. The van der Waals surface area contributed by atoms with E-state index < -0.39 is 6.10 Å². The maximum Gasteiger partial charge on any atom is 0.0945 e. The van der Waals surface area contributed by atoms with Crippen molar-refractivity contribution >= 4 is 33.2 Å². The summed E-state index contributed by atoms with van der Waals surface area (Å²) in [6.45, 7) is 3.05. The van der Waals surface area contributed by atoms with Gasteiger partial charge in [-0.05, 0) is 52.9 Å². The number of hydrogen-bond donors (Lipinski definition) is 2. The van der Waals surface area contributed by atoms with E-state index >= 15 is 0 Å². The first-order chi connectivity index (χ1) is 10.1. The van der Waals surface area contributed by atoms with Crippen molar-refractivity contribution in [1.29, 1.82) is 0 Å². The second-order valence-corrected chi connectivity index (χ2v) is 7.08. The van der Waals surface area contributed by atoms with Crippen molar-refractivity contribution < 1.29 is 9.84 Å². The third-order valence-electron chi connectivity index (χ3n) is 3.99. The van der Waals surface area contributed by atoms with Gasteiger partial charge in [0.05, 0.1) is 18.8 Å². The smallest absolute Gasteiger partial charge is 0.0945 e. The Morgan fingerprint density at radius 2 is 2.19 bits per heavy atom. The largest absolute Gasteiger partial charge is 0.389 e. The van der Waals surface area contributed by atoms with Gasteiger partial charge in [-0.2, -0.15) is 0 Å². The maximum absolute atomic E-state index is 10.1. The molecule has 5 heteroatoms. The molecule has 1 aromatic carbocycles. The molecule has 1 aliphatic carbocycles. The second-order valence-electron chi connectivity index (χ2n) is 5.79. The van der Waals surface area contributed by atoms with Crippen LogP contribution in [0.2, 0.25) is 5.02 Å². The quantitative estimate of drug-likeness (QED) is 0.769. The fourth-order valence-electron chi connectivity index (χ4n) is 2.68. The Morgan fingerprint density at radius 1 is 1.43 bits per heavy atom. The minimum absolute atomic E-state index is 0.298. The number of aliphatic hydroxyl groups excluding tert-OH is 1. The van der Waals surface area contributed by atoms with Crippen molar-refractivity contribution in [1.82, 2.24) is 0 Å². The van der Waals surface area contributed by atoms with E-state index in [1.54, 1.807) is 0 Å². The normalized spacial score (nSPS) is 23.8. The molecule has 1 fully saturated rings. The molecule has 0 heterocycles. The van der Waals surface area contributed by atoms with Crippen LogP contribution in [0.25, 0.3) is 0 Å². The molecule has 3 unspecified atom stereocenters. The van der Waals surface area contributed by atoms with Crippen LogP contribution in [0.5, 0.6) is 0 Å². The number of halogens is 2. The van der Waals surface area contributed by atoms with Gasteiger partial charge in [0.25, 0.3) is 0 Å². The highest BCUT2D eigenvalue weighted by Gasteiger charge is 2.22. The molecule has 3 atom stereocenters. The average molecular weight is 377 g/mol. The molecule has 0 aromatic heterocycles. The summed E-state index contributed by atoms with van der Waals surface area (Å²) >= 11 is 9.42. The van der Waals surface area contributed by atoms with Crippen LogP contribution in [-0.2, 0) is 4.74 Å². The van der Waals surface area contributed by atoms with Gasteiger partial charge in [0.2, 0.25) is 0 Å². The van der Waals surface area contributed by atoms with Crippen LogP contribution >= 0.6 is 27.5 Å². The van der Waals surface area contributed by atoms with E-state index in [0.717, 1.165) is 16.6 Å². The molecule has 118 valence electrons. The van der Waals surface area contributed by atoms with E-state index in [0.29, 0.717) is 30.2 Å². The number of anilines is 1. The minimum Gasteiger partial charge on any atom is -0.389 e. The van der Waals surface area contributed by atoms with E-state index in [-0.39, 0.29) is 0 Å². The Kier molecular flexibility index (Phi) is 6.80. The standard InChI is InChI=1S/C16H23BrClNO2/c1-11-4-2-3-5-16(11)21-10-13(20)9-19-15-8-12(18)6-7-14(15)17/h6-8,11,13,16,19-20H,2-5,9-10H2,1H3. The van der Waals surface area contributed by atoms with Crippen molar-refractivity contribution in [2.75, 3.05) is 18.5 Å². The highest BCUT2D eigenvalue weighted by molar-refractivity contribution is 9.10. The molecule has 1 saturated carbocycles. The second kappa shape index (κ2) is 8.37. The molecule has 0 saturated heterocycles. The first-order valence-electron chi connectivity index (χ1n) is 7.55. The lowest BCUT2D eigenvalue weighted by atomic mass is 9.88. The predicted octanol–water partition coefficient (Wildman–Crippen LogP) is 4.47. The minimum atomic E-state index is -0.523. The zero-order chi connectivity index (χ0) is 15.2. The van der Waals surface area contributed by atoms with E-state index in [2.05, 4.69) is 28.2 Å². The summed E-state index contributed by atoms with van der Waals surface area (Å²) in [5, 5.41) is 13.9. The molecule has 0 amide bonds. The van der Waals surface area contributed by atoms with Crippen molar-refractivity contribution in [3.63, 3.8) is 0 Å². The summed E-state index contributed by atoms with van der Waals surface area (Å²) in [6.07, 6.45) is 4.65. The Morgan fingerprint density at radius 3 is 2.95 bits per heavy atom. The van der Waals surface area contributed by atoms with Gasteiger partial charge in [-0.1, -0.05) is 31.4 Å². The Bertz CT molecular complexity index is 458. The first-order valence-corrected chi connectivity index (χ1v) is 8.72. The van der Waals surface area contributed by atoms with Gasteiger partial charge in [0.15, 0.2) is 0 Å². The molecule has 21 heavy (non-hydrogen) atoms. The van der Waals surface area contributed by atoms with E-state index in [9.17, 15) is 5.11 Å². The van der Waals surface area contributed by atoms with Crippen molar-refractivity contribution in [3.8, 4) is 0 Å². The summed E-state index contributed by atoms with van der Waals surface area (Å²) in [5.74, 6) is 0.598. The summed E-state index contributed by atoms with van der Waals surface area (Å²) in [7, 11) is 0. The average Bonchev–Trinajstić information content (AvgIpc) is 2.47. The maximum atomic E-state index is 10.1. The van der Waals surface area contributed by atoms with Crippen LogP contribution in [0, 0.1) is 5.92 Å². The molecular weight excluding hydrogens is 354 g/mol. The summed E-state index contributed by atoms with van der Waals surface area (Å²) in [5.41, 5.74) is 0.882. The van der Waals surface area contributed by atoms with Crippen LogP contribution in [0.3, 0.4) is 0 Å². The molecule has 0 spiro atoms. The Labute approximate surface area is 140 Å². The van der Waals surface area contributed by atoms with Crippen LogP contribution in [0.4, 0.5) is 5.69 Å². The highest BCUT2D eigenvalue weighted by Crippen LogP contribution is 2.27. The Balaban J connectivity index is 1.74. The Hall–Kier alpha value is -0.290. The number of benzene rings is 1. The summed E-state index contributed by atoms with van der Waals surface area (Å²) in [4.78, 5) is 0. The van der Waals surface area contributed by atoms with Gasteiger partial charge in [0, 0.05) is 21.7 Å². The van der Waals surface area contributed by atoms with Gasteiger partial charge >= 0.3 is 0 Å². The van der Waals surface area contributed by atoms with Crippen LogP contribution in [0.1, 0.15) is 32.6 Å². The SMILES string of the molecule is CC1CCCCC1OCC(O)CNc1cc(Cl)ccc1Br. The summed E-state index contributed by atoms with van der Waals surface area (Å²) < 4.78 is 6.80. The monoisotopic (exact) mass is 375 g/mol. The van der Waals surface area contributed by atoms with Gasteiger partial charge < -0.3 is 15.2 Å². The highest BCUT2D eigenvalue weighted by atomic mass is 79.9. The van der Waals surface area contributed by atoms with E-state index in [1.165, 1.54) is 19.3 Å². The zero-order valence-corrected chi connectivity index (χ0v) is 14.7. The first kappa shape index (κ1) is 17.1. The van der Waals surface area contributed by atoms with E-state index in [1.807, 2.05) is 18.2 Å². The lowest BCUT2D eigenvalue weighted by Gasteiger charge is -2.29. The third-order valence-corrected chi connectivity index (χ3v) is 4.92. The number of hydrogen-bond acceptors (Lipinski definition) is 3. The van der Waals surface area contributed by atoms with Crippen molar-refractivity contribution in [2.45, 2.75) is 44.8 Å². The molecule has 0 aliphatic heterocycles. The fourth-order valence-corrected chi connectivity index (χ4v) is 3.24. The molecule has 0 bridgehead atoms. The predicted molar refractivity (Wildman–Crippen MR) is 91.0 cm³/mol. The van der Waals surface area contributed by atoms with Gasteiger partial charge in [-0.25, -0.2) is 0 Å². The van der Waals surface area contributed by atoms with Gasteiger partial charge in [0.1, 0.15) is 0 Å². The molecular formula is C16H23BrClNO2. The molecule has 2 N–H and O–H groups in total. The van der Waals surface area contributed by atoms with Gasteiger partial charge in [-0.3, -0.25) is 0 Å². The lowest BCUT2D eigenvalue weighted by Crippen LogP contribution is -2.32. The van der Waals surface area contributed by atoms with Crippen LogP contribution < -0.4 is 5.32 Å². The third kappa shape index (κ3) is 5.44. The topological polar surface area (TPSA) is 41.5 Å². The lowest BCUT2D eigenvalue weighted by molar-refractivity contribution is -0.0424. The van der Waals surface area contributed by atoms with Crippen LogP contribution in [-0.4, -0.2) is 30.5 Å². The van der Waals surface area contributed by atoms with Crippen molar-refractivity contribution in [3.05, 3.63) is 27.7 Å². The molecule has 1 aromatic rings. The molecule has 0 radical (unpaired) electrons.